The lowest BCUT2D eigenvalue weighted by Gasteiger charge is -2.36. The van der Waals surface area contributed by atoms with Crippen LogP contribution in [0.4, 0.5) is 0 Å². The van der Waals surface area contributed by atoms with Crippen molar-refractivity contribution in [2.45, 2.75) is 47.1 Å². The first-order valence-corrected chi connectivity index (χ1v) is 4.52. The third-order valence-electron chi connectivity index (χ3n) is 3.09. The molecule has 0 saturated heterocycles. The van der Waals surface area contributed by atoms with Gasteiger partial charge in [0.25, 0.3) is 0 Å². The lowest BCUT2D eigenvalue weighted by Crippen LogP contribution is -2.40. The Balaban J connectivity index is 4.29. The summed E-state index contributed by atoms with van der Waals surface area (Å²) in [5.74, 6) is 1.25. The van der Waals surface area contributed by atoms with Gasteiger partial charge in [-0.2, -0.15) is 0 Å². The highest BCUT2D eigenvalue weighted by atomic mass is 16.3. The molecule has 2 atom stereocenters. The molecule has 0 unspecified atom stereocenters. The first-order chi connectivity index (χ1) is 4.80. The monoisotopic (exact) mass is 158 g/mol. The Morgan fingerprint density at radius 1 is 1.00 bits per heavy atom. The number of hydrogen-bond acceptors (Lipinski definition) is 1. The molecule has 0 rings (SSSR count). The molecule has 11 heavy (non-hydrogen) atoms. The van der Waals surface area contributed by atoms with Crippen molar-refractivity contribution in [1.29, 1.82) is 0 Å². The van der Waals surface area contributed by atoms with Gasteiger partial charge in [-0.25, -0.2) is 0 Å². The predicted octanol–water partition coefficient (Wildman–Crippen LogP) is 2.69. The SMILES string of the molecule is CC(C)[C@H](C)[C@](C)(O)C(C)C. The van der Waals surface area contributed by atoms with E-state index in [4.69, 9.17) is 0 Å². The van der Waals surface area contributed by atoms with Gasteiger partial charge in [-0.15, -0.1) is 0 Å². The van der Waals surface area contributed by atoms with E-state index in [2.05, 4.69) is 34.6 Å². The molecule has 1 heteroatoms. The van der Waals surface area contributed by atoms with Crippen molar-refractivity contribution in [3.05, 3.63) is 0 Å². The molecule has 0 radical (unpaired) electrons. The molecule has 0 heterocycles. The second-order valence-electron chi connectivity index (χ2n) is 4.41. The summed E-state index contributed by atoms with van der Waals surface area (Å²) >= 11 is 0. The molecule has 0 aliphatic rings. The lowest BCUT2D eigenvalue weighted by molar-refractivity contribution is -0.0512. The van der Waals surface area contributed by atoms with Gasteiger partial charge in [-0.3, -0.25) is 0 Å². The van der Waals surface area contributed by atoms with Gasteiger partial charge >= 0.3 is 0 Å². The smallest absolute Gasteiger partial charge is 0.0670 e. The molecule has 0 aromatic heterocycles. The molecule has 0 aromatic rings. The summed E-state index contributed by atoms with van der Waals surface area (Å²) < 4.78 is 0. The highest BCUT2D eigenvalue weighted by Gasteiger charge is 2.33. The first kappa shape index (κ1) is 11.0. The zero-order valence-corrected chi connectivity index (χ0v) is 8.68. The third-order valence-corrected chi connectivity index (χ3v) is 3.09. The fourth-order valence-corrected chi connectivity index (χ4v) is 1.20. The largest absolute Gasteiger partial charge is 0.390 e. The zero-order chi connectivity index (χ0) is 9.23. The third kappa shape index (κ3) is 2.48. The van der Waals surface area contributed by atoms with E-state index in [0.717, 1.165) is 0 Å². The van der Waals surface area contributed by atoms with Gasteiger partial charge in [-0.1, -0.05) is 34.6 Å². The summed E-state index contributed by atoms with van der Waals surface area (Å²) in [7, 11) is 0. The molecule has 1 nitrogen and oxygen atoms in total. The average Bonchev–Trinajstić information content (AvgIpc) is 1.85. The molecule has 0 aliphatic carbocycles. The summed E-state index contributed by atoms with van der Waals surface area (Å²) in [4.78, 5) is 0. The minimum Gasteiger partial charge on any atom is -0.390 e. The van der Waals surface area contributed by atoms with Crippen molar-refractivity contribution < 1.29 is 5.11 Å². The van der Waals surface area contributed by atoms with Gasteiger partial charge in [0.05, 0.1) is 5.60 Å². The van der Waals surface area contributed by atoms with Crippen LogP contribution in [0.15, 0.2) is 0 Å². The van der Waals surface area contributed by atoms with Crippen LogP contribution in [0, 0.1) is 17.8 Å². The van der Waals surface area contributed by atoms with Crippen molar-refractivity contribution in [3.63, 3.8) is 0 Å². The van der Waals surface area contributed by atoms with E-state index in [9.17, 15) is 5.11 Å². The Kier molecular flexibility index (Phi) is 3.56. The van der Waals surface area contributed by atoms with Gasteiger partial charge in [0.1, 0.15) is 0 Å². The van der Waals surface area contributed by atoms with Crippen molar-refractivity contribution in [2.24, 2.45) is 17.8 Å². The van der Waals surface area contributed by atoms with Crippen molar-refractivity contribution in [1.82, 2.24) is 0 Å². The van der Waals surface area contributed by atoms with Crippen LogP contribution in [0.2, 0.25) is 0 Å². The van der Waals surface area contributed by atoms with Crippen molar-refractivity contribution in [2.75, 3.05) is 0 Å². The molecule has 0 saturated carbocycles. The van der Waals surface area contributed by atoms with Crippen molar-refractivity contribution in [3.8, 4) is 0 Å². The fourth-order valence-electron chi connectivity index (χ4n) is 1.20. The van der Waals surface area contributed by atoms with Crippen molar-refractivity contribution >= 4 is 0 Å². The lowest BCUT2D eigenvalue weighted by atomic mass is 9.76. The van der Waals surface area contributed by atoms with Gasteiger partial charge < -0.3 is 5.11 Å². The van der Waals surface area contributed by atoms with E-state index < -0.39 is 5.60 Å². The standard InChI is InChI=1S/C10H22O/c1-7(2)9(5)10(6,11)8(3)4/h7-9,11H,1-6H3/t9-,10+/m0/s1. The molecule has 0 aromatic carbocycles. The van der Waals surface area contributed by atoms with Crippen LogP contribution in [0.25, 0.3) is 0 Å². The number of hydrogen-bond donors (Lipinski definition) is 1. The van der Waals surface area contributed by atoms with Gasteiger partial charge in [0, 0.05) is 0 Å². The predicted molar refractivity (Wildman–Crippen MR) is 49.5 cm³/mol. The second-order valence-corrected chi connectivity index (χ2v) is 4.41. The van der Waals surface area contributed by atoms with Gasteiger partial charge in [0.15, 0.2) is 0 Å². The molecular formula is C10H22O. The van der Waals surface area contributed by atoms with E-state index in [1.807, 2.05) is 6.92 Å². The van der Waals surface area contributed by atoms with Gasteiger partial charge in [-0.05, 0) is 24.7 Å². The Morgan fingerprint density at radius 2 is 1.36 bits per heavy atom. The Bertz CT molecular complexity index is 114. The molecule has 1 N–H and O–H groups in total. The minimum atomic E-state index is -0.520. The maximum Gasteiger partial charge on any atom is 0.0670 e. The van der Waals surface area contributed by atoms with E-state index in [-0.39, 0.29) is 0 Å². The molecular weight excluding hydrogens is 136 g/mol. The highest BCUT2D eigenvalue weighted by Crippen LogP contribution is 2.30. The quantitative estimate of drug-likeness (QED) is 0.669. The Hall–Kier alpha value is -0.0400. The Morgan fingerprint density at radius 3 is 1.45 bits per heavy atom. The summed E-state index contributed by atoms with van der Waals surface area (Å²) in [5.41, 5.74) is -0.520. The topological polar surface area (TPSA) is 20.2 Å². The maximum atomic E-state index is 10.0. The van der Waals surface area contributed by atoms with E-state index >= 15 is 0 Å². The number of rotatable bonds is 3. The minimum absolute atomic E-state index is 0.333. The average molecular weight is 158 g/mol. The summed E-state index contributed by atoms with van der Waals surface area (Å²) in [6.07, 6.45) is 0. The van der Waals surface area contributed by atoms with Crippen LogP contribution in [0.5, 0.6) is 0 Å². The number of aliphatic hydroxyl groups is 1. The maximum absolute atomic E-state index is 10.0. The summed E-state index contributed by atoms with van der Waals surface area (Å²) in [6, 6.07) is 0. The van der Waals surface area contributed by atoms with Crippen LogP contribution in [-0.4, -0.2) is 10.7 Å². The Labute approximate surface area is 70.8 Å². The normalized spacial score (nSPS) is 20.5. The van der Waals surface area contributed by atoms with Crippen LogP contribution in [0.1, 0.15) is 41.5 Å². The zero-order valence-electron chi connectivity index (χ0n) is 8.68. The van der Waals surface area contributed by atoms with Crippen LogP contribution >= 0.6 is 0 Å². The molecule has 0 amide bonds. The molecule has 68 valence electrons. The van der Waals surface area contributed by atoms with Crippen LogP contribution in [-0.2, 0) is 0 Å². The van der Waals surface area contributed by atoms with Gasteiger partial charge in [0.2, 0.25) is 0 Å². The second kappa shape index (κ2) is 3.57. The van der Waals surface area contributed by atoms with E-state index in [1.165, 1.54) is 0 Å². The van der Waals surface area contributed by atoms with E-state index in [0.29, 0.717) is 17.8 Å². The summed E-state index contributed by atoms with van der Waals surface area (Å²) in [5, 5.41) is 10.0. The highest BCUT2D eigenvalue weighted by molar-refractivity contribution is 4.83. The molecule has 0 spiro atoms. The van der Waals surface area contributed by atoms with Crippen LogP contribution in [0.3, 0.4) is 0 Å². The first-order valence-electron chi connectivity index (χ1n) is 4.52. The van der Waals surface area contributed by atoms with Crippen LogP contribution < -0.4 is 0 Å². The summed E-state index contributed by atoms with van der Waals surface area (Å²) in [6.45, 7) is 12.5. The molecule has 0 fully saturated rings. The molecule has 0 aliphatic heterocycles. The molecule has 0 bridgehead atoms. The fraction of sp³-hybridized carbons (Fsp3) is 1.00. The van der Waals surface area contributed by atoms with E-state index in [1.54, 1.807) is 0 Å².